The normalized spacial score (nSPS) is 9.43. The number of halogens is 5. The predicted molar refractivity (Wildman–Crippen MR) is 56.9 cm³/mol. The van der Waals surface area contributed by atoms with Crippen molar-refractivity contribution in [2.24, 2.45) is 0 Å². The summed E-state index contributed by atoms with van der Waals surface area (Å²) >= 11 is 28.6. The van der Waals surface area contributed by atoms with Gasteiger partial charge < -0.3 is 0 Å². The molecule has 0 aliphatic heterocycles. The van der Waals surface area contributed by atoms with E-state index in [9.17, 15) is 0 Å². The molecule has 0 atom stereocenters. The molecule has 14 heavy (non-hydrogen) atoms. The van der Waals surface area contributed by atoms with E-state index in [2.05, 4.69) is 0 Å². The average Bonchev–Trinajstić information content (AvgIpc) is 2.24. The molecule has 0 N–H and O–H groups in total. The van der Waals surface area contributed by atoms with Crippen LogP contribution in [0.4, 0.5) is 0 Å². The Bertz CT molecular complexity index is 249. The van der Waals surface area contributed by atoms with Gasteiger partial charge in [-0.05, 0) is 12.5 Å². The van der Waals surface area contributed by atoms with Gasteiger partial charge in [0.25, 0.3) is 0 Å². The molecule has 0 heterocycles. The molecule has 0 aromatic heterocycles. The van der Waals surface area contributed by atoms with Crippen molar-refractivity contribution in [2.75, 3.05) is 0 Å². The Balaban J connectivity index is 0.000000791. The third kappa shape index (κ3) is 3.20. The van der Waals surface area contributed by atoms with Crippen molar-refractivity contribution >= 4 is 58.0 Å². The van der Waals surface area contributed by atoms with Crippen molar-refractivity contribution in [1.82, 2.24) is 0 Å². The van der Waals surface area contributed by atoms with Gasteiger partial charge in [0.15, 0.2) is 0 Å². The standard InChI is InChI=1S/C7H3Cl5.Hg.O/c1-2-3(8)5(10)7(12)6(11)4(2)9;;/h1H3;;. The zero-order chi connectivity index (χ0) is 11.5. The third-order valence-corrected chi connectivity index (χ3v) is 3.90. The minimum atomic E-state index is -0.222. The molecule has 1 rings (SSSR count). The van der Waals surface area contributed by atoms with Crippen molar-refractivity contribution in [3.05, 3.63) is 30.7 Å². The van der Waals surface area contributed by atoms with Gasteiger partial charge >= 0.3 is 28.8 Å². The van der Waals surface area contributed by atoms with Crippen molar-refractivity contribution < 1.29 is 28.8 Å². The van der Waals surface area contributed by atoms with Crippen LogP contribution in [0.5, 0.6) is 0 Å². The second-order valence-electron chi connectivity index (χ2n) is 2.19. The summed E-state index contributed by atoms with van der Waals surface area (Å²) in [6, 6.07) is 0. The van der Waals surface area contributed by atoms with Crippen LogP contribution < -0.4 is 0 Å². The van der Waals surface area contributed by atoms with Gasteiger partial charge in [-0.1, -0.05) is 58.0 Å². The molecule has 0 saturated heterocycles. The van der Waals surface area contributed by atoms with Crippen LogP contribution in [0.1, 0.15) is 5.56 Å². The van der Waals surface area contributed by atoms with E-state index in [4.69, 9.17) is 60.6 Å². The molecule has 0 saturated carbocycles. The van der Waals surface area contributed by atoms with Crippen LogP contribution >= 0.6 is 58.0 Å². The van der Waals surface area contributed by atoms with Crippen molar-refractivity contribution in [2.45, 2.75) is 6.92 Å². The van der Waals surface area contributed by atoms with Crippen LogP contribution in [0.15, 0.2) is 0 Å². The van der Waals surface area contributed by atoms with Crippen molar-refractivity contribution in [3.8, 4) is 0 Å². The fraction of sp³-hybridized carbons (Fsp3) is 0.143. The third-order valence-electron chi connectivity index (χ3n) is 1.43. The van der Waals surface area contributed by atoms with Crippen molar-refractivity contribution in [1.29, 1.82) is 0 Å². The molecule has 0 spiro atoms. The van der Waals surface area contributed by atoms with Crippen LogP contribution in [-0.4, -0.2) is 0 Å². The molecule has 1 nitrogen and oxygen atoms in total. The number of hydrogen-bond acceptors (Lipinski definition) is 1. The van der Waals surface area contributed by atoms with Gasteiger partial charge in [0.1, 0.15) is 0 Å². The van der Waals surface area contributed by atoms with Crippen LogP contribution in [0, 0.1) is 6.92 Å². The fourth-order valence-corrected chi connectivity index (χ4v) is 1.95. The summed E-state index contributed by atoms with van der Waals surface area (Å²) in [4.78, 5) is 0. The number of hydrogen-bond donors (Lipinski definition) is 0. The van der Waals surface area contributed by atoms with Crippen molar-refractivity contribution in [3.63, 3.8) is 0 Å². The van der Waals surface area contributed by atoms with Crippen LogP contribution in [-0.2, 0) is 28.8 Å². The number of rotatable bonds is 0. The quantitative estimate of drug-likeness (QED) is 0.285. The maximum atomic E-state index is 8.44. The van der Waals surface area contributed by atoms with E-state index < -0.39 is 0 Å². The van der Waals surface area contributed by atoms with E-state index in [0.29, 0.717) is 15.6 Å². The first kappa shape index (κ1) is 15.4. The van der Waals surface area contributed by atoms with Gasteiger partial charge in [-0.2, -0.15) is 0 Å². The van der Waals surface area contributed by atoms with E-state index in [1.165, 1.54) is 0 Å². The number of benzene rings is 1. The molecule has 0 fully saturated rings. The maximum absolute atomic E-state index is 8.44. The molecular formula is C7H3Cl5HgO. The first-order valence-corrected chi connectivity index (χ1v) is 7.37. The van der Waals surface area contributed by atoms with Gasteiger partial charge in [-0.15, -0.1) is 0 Å². The van der Waals surface area contributed by atoms with Gasteiger partial charge in [0.05, 0.1) is 25.1 Å². The Kier molecular flexibility index (Phi) is 7.56. The monoisotopic (exact) mass is 480 g/mol. The SMILES string of the molecule is Cc1c(Cl)c(Cl)c(Cl)c(Cl)c1Cl.[O]=[Hg]. The zero-order valence-corrected chi connectivity index (χ0v) is 16.3. The summed E-state index contributed by atoms with van der Waals surface area (Å²) < 4.78 is 8.44. The second-order valence-corrected chi connectivity index (χ2v) is 4.08. The molecule has 0 amide bonds. The summed E-state index contributed by atoms with van der Waals surface area (Å²) in [6.45, 7) is 1.72. The van der Waals surface area contributed by atoms with Gasteiger partial charge in [0, 0.05) is 0 Å². The molecule has 7 heteroatoms. The summed E-state index contributed by atoms with van der Waals surface area (Å²) in [5.41, 5.74) is 0.637. The van der Waals surface area contributed by atoms with Gasteiger partial charge in [0.2, 0.25) is 0 Å². The molecule has 1 aromatic carbocycles. The van der Waals surface area contributed by atoms with Crippen LogP contribution in [0.3, 0.4) is 0 Å². The van der Waals surface area contributed by atoms with Crippen LogP contribution in [0.25, 0.3) is 0 Å². The molecule has 0 unspecified atom stereocenters. The van der Waals surface area contributed by atoms with E-state index in [-0.39, 0.29) is 41.2 Å². The summed E-state index contributed by atoms with van der Waals surface area (Å²) in [7, 11) is 0. The topological polar surface area (TPSA) is 17.1 Å². The summed E-state index contributed by atoms with van der Waals surface area (Å²) in [5, 5.41) is 1.36. The Hall–Kier alpha value is 1.41. The van der Waals surface area contributed by atoms with Crippen LogP contribution in [0.2, 0.25) is 25.1 Å². The van der Waals surface area contributed by atoms with Gasteiger partial charge in [-0.3, -0.25) is 0 Å². The summed E-state index contributed by atoms with van der Waals surface area (Å²) in [6.07, 6.45) is 0. The van der Waals surface area contributed by atoms with E-state index in [1.807, 2.05) is 0 Å². The fourth-order valence-electron chi connectivity index (χ4n) is 0.715. The zero-order valence-electron chi connectivity index (χ0n) is 7.01. The average molecular weight is 481 g/mol. The Labute approximate surface area is 123 Å². The summed E-state index contributed by atoms with van der Waals surface area (Å²) in [5.74, 6) is 0. The molecule has 0 radical (unpaired) electrons. The Morgan fingerprint density at radius 2 is 0.929 bits per heavy atom. The van der Waals surface area contributed by atoms with E-state index in [0.717, 1.165) is 0 Å². The second kappa shape index (κ2) is 6.87. The first-order chi connectivity index (χ1) is 6.46. The Morgan fingerprint density at radius 1 is 0.714 bits per heavy atom. The molecule has 0 aliphatic rings. The first-order valence-electron chi connectivity index (χ1n) is 3.23. The van der Waals surface area contributed by atoms with E-state index >= 15 is 0 Å². The molecular weight excluding hydrogens is 478 g/mol. The van der Waals surface area contributed by atoms with E-state index in [1.54, 1.807) is 6.92 Å². The minimum absolute atomic E-state index is 0.193. The predicted octanol–water partition coefficient (Wildman–Crippen LogP) is 5.14. The van der Waals surface area contributed by atoms with Gasteiger partial charge in [-0.25, -0.2) is 0 Å². The molecule has 74 valence electrons. The molecule has 1 aromatic rings. The Morgan fingerprint density at radius 3 is 1.21 bits per heavy atom. The molecule has 0 bridgehead atoms. The molecule has 0 aliphatic carbocycles.